The Morgan fingerprint density at radius 2 is 1.81 bits per heavy atom. The Labute approximate surface area is 177 Å². The molecule has 0 saturated carbocycles. The molecule has 8 heteroatoms. The number of hydrogen-bond acceptors (Lipinski definition) is 4. The van der Waals surface area contributed by atoms with E-state index in [1.54, 1.807) is 24.0 Å². The van der Waals surface area contributed by atoms with E-state index in [1.165, 1.54) is 30.5 Å². The first-order valence-corrected chi connectivity index (χ1v) is 9.38. The van der Waals surface area contributed by atoms with E-state index in [1.807, 2.05) is 30.3 Å². The van der Waals surface area contributed by atoms with Crippen molar-refractivity contribution < 1.29 is 14.0 Å². The lowest BCUT2D eigenvalue weighted by Gasteiger charge is -2.12. The zero-order valence-electron chi connectivity index (χ0n) is 16.5. The van der Waals surface area contributed by atoms with Crippen LogP contribution in [0.15, 0.2) is 73.1 Å². The third-order valence-corrected chi connectivity index (χ3v) is 4.69. The van der Waals surface area contributed by atoms with Gasteiger partial charge >= 0.3 is 0 Å². The molecule has 0 aliphatic rings. The van der Waals surface area contributed by atoms with E-state index in [2.05, 4.69) is 15.4 Å². The van der Waals surface area contributed by atoms with Crippen molar-refractivity contribution in [3.05, 3.63) is 90.0 Å². The molecule has 31 heavy (non-hydrogen) atoms. The highest BCUT2D eigenvalue weighted by molar-refractivity contribution is 6.07. The minimum Gasteiger partial charge on any atom is -0.366 e. The summed E-state index contributed by atoms with van der Waals surface area (Å²) >= 11 is 0. The number of primary amides is 1. The summed E-state index contributed by atoms with van der Waals surface area (Å²) in [4.78, 5) is 28.9. The van der Waals surface area contributed by atoms with Gasteiger partial charge in [0.25, 0.3) is 5.91 Å². The van der Waals surface area contributed by atoms with E-state index >= 15 is 0 Å². The fourth-order valence-corrected chi connectivity index (χ4v) is 3.14. The summed E-state index contributed by atoms with van der Waals surface area (Å²) in [6, 6.07) is 16.4. The zero-order valence-corrected chi connectivity index (χ0v) is 16.5. The lowest BCUT2D eigenvalue weighted by Crippen LogP contribution is -2.16. The topological polar surface area (TPSA) is 103 Å². The maximum absolute atomic E-state index is 14.3. The molecular formula is C23H18FN5O2. The number of aryl methyl sites for hydroxylation is 1. The number of hydrogen-bond donors (Lipinski definition) is 2. The number of nitrogens with one attached hydrogen (secondary N) is 1. The van der Waals surface area contributed by atoms with Gasteiger partial charge in [-0.3, -0.25) is 19.3 Å². The van der Waals surface area contributed by atoms with Crippen LogP contribution in [0.25, 0.3) is 22.5 Å². The summed E-state index contributed by atoms with van der Waals surface area (Å²) in [6.07, 6.45) is 3.05. The monoisotopic (exact) mass is 415 g/mol. The summed E-state index contributed by atoms with van der Waals surface area (Å²) in [5.41, 5.74) is 7.93. The SMILES string of the molecule is Cn1ccc(-c2cc(C(=O)Nc3cc(C(N)=O)cnc3-c3ccccc3)ccc2F)n1. The molecule has 4 aromatic rings. The number of nitrogens with zero attached hydrogens (tertiary/aromatic N) is 3. The highest BCUT2D eigenvalue weighted by atomic mass is 19.1. The Kier molecular flexibility index (Phi) is 5.28. The number of carbonyl (C=O) groups is 2. The van der Waals surface area contributed by atoms with Gasteiger partial charge in [-0.1, -0.05) is 30.3 Å². The van der Waals surface area contributed by atoms with Crippen molar-refractivity contribution in [3.8, 4) is 22.5 Å². The predicted octanol–water partition coefficient (Wildman–Crippen LogP) is 3.64. The molecule has 0 spiro atoms. The molecule has 2 heterocycles. The number of carbonyl (C=O) groups excluding carboxylic acids is 2. The van der Waals surface area contributed by atoms with E-state index in [9.17, 15) is 14.0 Å². The van der Waals surface area contributed by atoms with Gasteiger partial charge in [0.1, 0.15) is 5.82 Å². The van der Waals surface area contributed by atoms with Crippen LogP contribution in [0.4, 0.5) is 10.1 Å². The molecule has 4 rings (SSSR count). The van der Waals surface area contributed by atoms with Crippen molar-refractivity contribution in [1.82, 2.24) is 14.8 Å². The lowest BCUT2D eigenvalue weighted by atomic mass is 10.1. The first-order chi connectivity index (χ1) is 14.9. The summed E-state index contributed by atoms with van der Waals surface area (Å²) in [5, 5.41) is 6.96. The summed E-state index contributed by atoms with van der Waals surface area (Å²) in [5.74, 6) is -1.64. The van der Waals surface area contributed by atoms with Crippen molar-refractivity contribution in [2.24, 2.45) is 12.8 Å². The number of amides is 2. The number of nitrogens with two attached hydrogens (primary N) is 1. The molecule has 0 bridgehead atoms. The molecule has 0 radical (unpaired) electrons. The average Bonchev–Trinajstić information content (AvgIpc) is 3.20. The van der Waals surface area contributed by atoms with Gasteiger partial charge in [0.15, 0.2) is 0 Å². The van der Waals surface area contributed by atoms with Gasteiger partial charge in [-0.2, -0.15) is 5.10 Å². The van der Waals surface area contributed by atoms with E-state index in [-0.39, 0.29) is 16.7 Å². The number of pyridine rings is 1. The summed E-state index contributed by atoms with van der Waals surface area (Å²) < 4.78 is 15.9. The van der Waals surface area contributed by atoms with Crippen LogP contribution in [-0.2, 0) is 7.05 Å². The number of halogens is 1. The molecule has 2 aromatic heterocycles. The Bertz CT molecular complexity index is 1280. The number of rotatable bonds is 5. The molecule has 2 amide bonds. The molecule has 0 fully saturated rings. The van der Waals surface area contributed by atoms with Gasteiger partial charge in [-0.15, -0.1) is 0 Å². The van der Waals surface area contributed by atoms with Gasteiger partial charge < -0.3 is 11.1 Å². The molecule has 0 aliphatic heterocycles. The third kappa shape index (κ3) is 4.18. The van der Waals surface area contributed by atoms with E-state index in [0.29, 0.717) is 17.1 Å². The minimum atomic E-state index is -0.665. The Morgan fingerprint density at radius 1 is 1.03 bits per heavy atom. The van der Waals surface area contributed by atoms with E-state index in [4.69, 9.17) is 5.73 Å². The van der Waals surface area contributed by atoms with Crippen LogP contribution in [0.2, 0.25) is 0 Å². The van der Waals surface area contributed by atoms with Gasteiger partial charge in [-0.05, 0) is 30.3 Å². The predicted molar refractivity (Wildman–Crippen MR) is 115 cm³/mol. The Balaban J connectivity index is 1.71. The summed E-state index contributed by atoms with van der Waals surface area (Å²) in [7, 11) is 1.72. The summed E-state index contributed by atoms with van der Waals surface area (Å²) in [6.45, 7) is 0. The normalized spacial score (nSPS) is 10.6. The van der Waals surface area contributed by atoms with Gasteiger partial charge in [0, 0.05) is 36.1 Å². The van der Waals surface area contributed by atoms with Crippen molar-refractivity contribution >= 4 is 17.5 Å². The van der Waals surface area contributed by atoms with Crippen LogP contribution >= 0.6 is 0 Å². The fourth-order valence-electron chi connectivity index (χ4n) is 3.14. The minimum absolute atomic E-state index is 0.156. The van der Waals surface area contributed by atoms with Crippen LogP contribution in [0.5, 0.6) is 0 Å². The molecular weight excluding hydrogens is 397 g/mol. The van der Waals surface area contributed by atoms with Gasteiger partial charge in [-0.25, -0.2) is 4.39 Å². The average molecular weight is 415 g/mol. The highest BCUT2D eigenvalue weighted by Gasteiger charge is 2.17. The van der Waals surface area contributed by atoms with Gasteiger partial charge in [0.2, 0.25) is 5.91 Å². The number of benzene rings is 2. The van der Waals surface area contributed by atoms with Crippen LogP contribution in [0, 0.1) is 5.82 Å². The first kappa shape index (κ1) is 20.0. The molecule has 0 unspecified atom stereocenters. The lowest BCUT2D eigenvalue weighted by molar-refractivity contribution is 0.0996. The largest absolute Gasteiger partial charge is 0.366 e. The van der Waals surface area contributed by atoms with Crippen molar-refractivity contribution in [1.29, 1.82) is 0 Å². The number of aromatic nitrogens is 3. The maximum atomic E-state index is 14.3. The van der Waals surface area contributed by atoms with Crippen LogP contribution in [0.1, 0.15) is 20.7 Å². The van der Waals surface area contributed by atoms with Crippen molar-refractivity contribution in [2.45, 2.75) is 0 Å². The molecule has 154 valence electrons. The van der Waals surface area contributed by atoms with Gasteiger partial charge in [0.05, 0.1) is 22.6 Å². The maximum Gasteiger partial charge on any atom is 0.255 e. The smallest absolute Gasteiger partial charge is 0.255 e. The van der Waals surface area contributed by atoms with E-state index < -0.39 is 17.6 Å². The van der Waals surface area contributed by atoms with E-state index in [0.717, 1.165) is 5.56 Å². The third-order valence-electron chi connectivity index (χ3n) is 4.69. The second kappa shape index (κ2) is 8.19. The quantitative estimate of drug-likeness (QED) is 0.519. The molecule has 0 saturated heterocycles. The number of anilines is 1. The van der Waals surface area contributed by atoms with Crippen LogP contribution < -0.4 is 11.1 Å². The molecule has 7 nitrogen and oxygen atoms in total. The molecule has 0 aliphatic carbocycles. The first-order valence-electron chi connectivity index (χ1n) is 9.38. The molecule has 3 N–H and O–H groups in total. The molecule has 0 atom stereocenters. The van der Waals surface area contributed by atoms with Crippen LogP contribution in [0.3, 0.4) is 0 Å². The standard InChI is InChI=1S/C23H18FN5O2/c1-29-10-9-19(28-29)17-11-15(7-8-18(17)24)23(31)27-20-12-16(22(25)30)13-26-21(20)14-5-3-2-4-6-14/h2-13H,1H3,(H2,25,30)(H,27,31). The van der Waals surface area contributed by atoms with Crippen LogP contribution in [-0.4, -0.2) is 26.6 Å². The fraction of sp³-hybridized carbons (Fsp3) is 0.0435. The second-order valence-electron chi connectivity index (χ2n) is 6.87. The van der Waals surface area contributed by atoms with Crippen molar-refractivity contribution in [2.75, 3.05) is 5.32 Å². The Morgan fingerprint density at radius 3 is 2.48 bits per heavy atom. The highest BCUT2D eigenvalue weighted by Crippen LogP contribution is 2.28. The Hall–Kier alpha value is -4.33. The second-order valence-corrected chi connectivity index (χ2v) is 6.87. The zero-order chi connectivity index (χ0) is 22.0. The molecule has 2 aromatic carbocycles. The van der Waals surface area contributed by atoms with Crippen molar-refractivity contribution in [3.63, 3.8) is 0 Å².